The van der Waals surface area contributed by atoms with Crippen LogP contribution in [0.4, 0.5) is 4.39 Å². The van der Waals surface area contributed by atoms with Crippen molar-refractivity contribution in [2.45, 2.75) is 18.6 Å². The van der Waals surface area contributed by atoms with Gasteiger partial charge < -0.3 is 0 Å². The number of halogens is 2. The smallest absolute Gasteiger partial charge is 0.273 e. The molecule has 2 rings (SSSR count). The number of primary sulfonamides is 1. The Hall–Kier alpha value is -1.32. The SMILES string of the molecule is CCn1c(-c2ccc(Br)cc2F)nnc1S(N)(=O)=O. The molecule has 9 heteroatoms. The van der Waals surface area contributed by atoms with Crippen LogP contribution in [0.15, 0.2) is 27.8 Å². The molecule has 1 heterocycles. The Bertz CT molecular complexity index is 729. The second kappa shape index (κ2) is 4.99. The molecule has 0 unspecified atom stereocenters. The Kier molecular flexibility index (Phi) is 3.70. The van der Waals surface area contributed by atoms with Crippen LogP contribution in [0.1, 0.15) is 6.92 Å². The van der Waals surface area contributed by atoms with Gasteiger partial charge >= 0.3 is 0 Å². The van der Waals surface area contributed by atoms with E-state index in [2.05, 4.69) is 26.1 Å². The Morgan fingerprint density at radius 2 is 2.11 bits per heavy atom. The van der Waals surface area contributed by atoms with Gasteiger partial charge in [0.1, 0.15) is 5.82 Å². The topological polar surface area (TPSA) is 90.9 Å². The van der Waals surface area contributed by atoms with Crippen LogP contribution in [0, 0.1) is 5.82 Å². The maximum absolute atomic E-state index is 13.9. The molecule has 1 aromatic carbocycles. The van der Waals surface area contributed by atoms with Crippen molar-refractivity contribution in [2.75, 3.05) is 0 Å². The lowest BCUT2D eigenvalue weighted by molar-refractivity contribution is 0.569. The summed E-state index contributed by atoms with van der Waals surface area (Å²) in [5.74, 6) is -0.408. The van der Waals surface area contributed by atoms with E-state index in [4.69, 9.17) is 5.14 Å². The fourth-order valence-electron chi connectivity index (χ4n) is 1.65. The lowest BCUT2D eigenvalue weighted by Gasteiger charge is -2.07. The van der Waals surface area contributed by atoms with Crippen LogP contribution in [-0.4, -0.2) is 23.2 Å². The van der Waals surface area contributed by atoms with Crippen molar-refractivity contribution in [2.24, 2.45) is 5.14 Å². The number of sulfonamides is 1. The summed E-state index contributed by atoms with van der Waals surface area (Å²) in [5, 5.41) is 11.9. The molecule has 0 fully saturated rings. The number of nitrogens with two attached hydrogens (primary N) is 1. The number of hydrogen-bond donors (Lipinski definition) is 1. The lowest BCUT2D eigenvalue weighted by atomic mass is 10.2. The monoisotopic (exact) mass is 348 g/mol. The van der Waals surface area contributed by atoms with Gasteiger partial charge in [0, 0.05) is 11.0 Å². The Morgan fingerprint density at radius 1 is 1.42 bits per heavy atom. The minimum absolute atomic E-state index is 0.122. The molecule has 0 aliphatic carbocycles. The average molecular weight is 349 g/mol. The highest BCUT2D eigenvalue weighted by Crippen LogP contribution is 2.25. The number of benzene rings is 1. The van der Waals surface area contributed by atoms with E-state index in [9.17, 15) is 12.8 Å². The van der Waals surface area contributed by atoms with Crippen LogP contribution in [0.25, 0.3) is 11.4 Å². The van der Waals surface area contributed by atoms with E-state index in [1.54, 1.807) is 13.0 Å². The molecule has 6 nitrogen and oxygen atoms in total. The Balaban J connectivity index is 2.67. The number of nitrogens with zero attached hydrogens (tertiary/aromatic N) is 3. The average Bonchev–Trinajstić information content (AvgIpc) is 2.72. The van der Waals surface area contributed by atoms with Crippen molar-refractivity contribution in [1.82, 2.24) is 14.8 Å². The number of aromatic nitrogens is 3. The summed E-state index contributed by atoms with van der Waals surface area (Å²) in [4.78, 5) is 0. The van der Waals surface area contributed by atoms with Gasteiger partial charge in [0.2, 0.25) is 0 Å². The van der Waals surface area contributed by atoms with Gasteiger partial charge in [-0.25, -0.2) is 17.9 Å². The first-order valence-electron chi connectivity index (χ1n) is 5.26. The molecule has 0 radical (unpaired) electrons. The molecule has 2 aromatic rings. The van der Waals surface area contributed by atoms with Crippen molar-refractivity contribution in [3.63, 3.8) is 0 Å². The van der Waals surface area contributed by atoms with Crippen molar-refractivity contribution in [1.29, 1.82) is 0 Å². The zero-order valence-electron chi connectivity index (χ0n) is 9.84. The van der Waals surface area contributed by atoms with Crippen molar-refractivity contribution in [3.8, 4) is 11.4 Å². The van der Waals surface area contributed by atoms with Crippen molar-refractivity contribution in [3.05, 3.63) is 28.5 Å². The van der Waals surface area contributed by atoms with E-state index in [1.165, 1.54) is 16.7 Å². The molecule has 0 saturated heterocycles. The van der Waals surface area contributed by atoms with Gasteiger partial charge in [-0.3, -0.25) is 4.57 Å². The van der Waals surface area contributed by atoms with Gasteiger partial charge in [0.15, 0.2) is 5.82 Å². The van der Waals surface area contributed by atoms with E-state index < -0.39 is 15.8 Å². The second-order valence-corrected chi connectivity index (χ2v) is 6.09. The third kappa shape index (κ3) is 2.67. The third-order valence-electron chi connectivity index (χ3n) is 2.46. The van der Waals surface area contributed by atoms with Crippen LogP contribution in [0.5, 0.6) is 0 Å². The van der Waals surface area contributed by atoms with Crippen molar-refractivity contribution < 1.29 is 12.8 Å². The zero-order valence-corrected chi connectivity index (χ0v) is 12.2. The normalized spacial score (nSPS) is 11.8. The number of hydrogen-bond acceptors (Lipinski definition) is 4. The second-order valence-electron chi connectivity index (χ2n) is 3.72. The van der Waals surface area contributed by atoms with Crippen LogP contribution >= 0.6 is 15.9 Å². The Morgan fingerprint density at radius 3 is 2.63 bits per heavy atom. The van der Waals surface area contributed by atoms with Crippen LogP contribution in [-0.2, 0) is 16.6 Å². The molecular formula is C10H10BrFN4O2S. The summed E-state index contributed by atoms with van der Waals surface area (Å²) in [5.41, 5.74) is 0.160. The molecule has 0 bridgehead atoms. The molecule has 0 saturated carbocycles. The fourth-order valence-corrected chi connectivity index (χ4v) is 2.66. The predicted molar refractivity (Wildman–Crippen MR) is 70.2 cm³/mol. The maximum Gasteiger partial charge on any atom is 0.273 e. The van der Waals surface area contributed by atoms with Gasteiger partial charge in [-0.2, -0.15) is 0 Å². The van der Waals surface area contributed by atoms with Crippen LogP contribution in [0.3, 0.4) is 0 Å². The predicted octanol–water partition coefficient (Wildman–Crippen LogP) is 1.51. The highest BCUT2D eigenvalue weighted by atomic mass is 79.9. The quantitative estimate of drug-likeness (QED) is 0.910. The molecule has 2 N–H and O–H groups in total. The highest BCUT2D eigenvalue weighted by molar-refractivity contribution is 9.10. The minimum atomic E-state index is -4.00. The van der Waals surface area contributed by atoms with Gasteiger partial charge in [-0.05, 0) is 25.1 Å². The molecule has 0 aliphatic rings. The maximum atomic E-state index is 13.9. The molecule has 0 aliphatic heterocycles. The summed E-state index contributed by atoms with van der Waals surface area (Å²) < 4.78 is 38.4. The molecule has 0 spiro atoms. The fraction of sp³-hybridized carbons (Fsp3) is 0.200. The third-order valence-corrected chi connectivity index (χ3v) is 3.76. The summed E-state index contributed by atoms with van der Waals surface area (Å²) >= 11 is 3.14. The van der Waals surface area contributed by atoms with E-state index in [0.29, 0.717) is 4.47 Å². The summed E-state index contributed by atoms with van der Waals surface area (Å²) in [7, 11) is -4.00. The van der Waals surface area contributed by atoms with Crippen molar-refractivity contribution >= 4 is 26.0 Å². The first-order chi connectivity index (χ1) is 8.84. The lowest BCUT2D eigenvalue weighted by Crippen LogP contribution is -2.18. The van der Waals surface area contributed by atoms with E-state index in [-0.39, 0.29) is 23.1 Å². The summed E-state index contributed by atoms with van der Waals surface area (Å²) in [6.07, 6.45) is 0. The standard InChI is InChI=1S/C10H10BrFN4O2S/c1-2-16-9(14-15-10(16)19(13,17)18)7-4-3-6(11)5-8(7)12/h3-5H,2H2,1H3,(H2,13,17,18). The number of rotatable bonds is 3. The first-order valence-corrected chi connectivity index (χ1v) is 7.60. The molecule has 102 valence electrons. The van der Waals surface area contributed by atoms with Crippen LogP contribution in [0.2, 0.25) is 0 Å². The van der Waals surface area contributed by atoms with Gasteiger partial charge in [-0.15, -0.1) is 10.2 Å². The van der Waals surface area contributed by atoms with E-state index >= 15 is 0 Å². The van der Waals surface area contributed by atoms with Gasteiger partial charge in [0.05, 0.1) is 5.56 Å². The molecular weight excluding hydrogens is 339 g/mol. The van der Waals surface area contributed by atoms with Crippen LogP contribution < -0.4 is 5.14 Å². The zero-order chi connectivity index (χ0) is 14.2. The van der Waals surface area contributed by atoms with E-state index in [0.717, 1.165) is 0 Å². The molecule has 1 aromatic heterocycles. The molecule has 0 amide bonds. The Labute approximate surface area is 117 Å². The largest absolute Gasteiger partial charge is 0.297 e. The summed E-state index contributed by atoms with van der Waals surface area (Å²) in [6.45, 7) is 1.95. The molecule has 0 atom stereocenters. The summed E-state index contributed by atoms with van der Waals surface area (Å²) in [6, 6.07) is 4.38. The first kappa shape index (κ1) is 14.1. The highest BCUT2D eigenvalue weighted by Gasteiger charge is 2.22. The molecule has 19 heavy (non-hydrogen) atoms. The van der Waals surface area contributed by atoms with Gasteiger partial charge in [-0.1, -0.05) is 15.9 Å². The minimum Gasteiger partial charge on any atom is -0.297 e. The van der Waals surface area contributed by atoms with E-state index in [1.807, 2.05) is 0 Å². The van der Waals surface area contributed by atoms with Gasteiger partial charge in [0.25, 0.3) is 15.2 Å².